The number of ether oxygens (including phenoxy) is 1. The maximum Gasteiger partial charge on any atom is 0.483 e. The first-order valence-electron chi connectivity index (χ1n) is 5.63. The molecule has 100 valence electrons. The fraction of sp³-hybridized carbons (Fsp3) is 0.818. The van der Waals surface area contributed by atoms with E-state index in [-0.39, 0.29) is 0 Å². The first-order chi connectivity index (χ1) is 7.55. The highest BCUT2D eigenvalue weighted by molar-refractivity contribution is 6.50. The van der Waals surface area contributed by atoms with Crippen molar-refractivity contribution < 1.29 is 25.0 Å². The average Bonchev–Trinajstić information content (AvgIpc) is 2.17. The highest BCUT2D eigenvalue weighted by Gasteiger charge is 2.31. The Morgan fingerprint density at radius 2 is 1.59 bits per heavy atom. The summed E-state index contributed by atoms with van der Waals surface area (Å²) in [7, 11) is -1.28. The molecule has 1 aliphatic rings. The lowest BCUT2D eigenvalue weighted by atomic mass is 9.77. The van der Waals surface area contributed by atoms with E-state index >= 15 is 0 Å². The molecule has 0 aromatic heterocycles. The maximum absolute atomic E-state index is 9.10. The van der Waals surface area contributed by atoms with Crippen molar-refractivity contribution in [2.75, 3.05) is 13.2 Å². The van der Waals surface area contributed by atoms with Gasteiger partial charge < -0.3 is 25.0 Å². The summed E-state index contributed by atoms with van der Waals surface area (Å²) in [5.41, 5.74) is -1.35. The zero-order valence-electron chi connectivity index (χ0n) is 11.0. The minimum Gasteiger partial charge on any atom is -0.423 e. The lowest BCUT2D eigenvalue weighted by molar-refractivity contribution is -0.107. The third-order valence-corrected chi connectivity index (χ3v) is 2.83. The molecule has 0 saturated carbocycles. The SMILES string of the molecule is CC(C)(O)C(C)(C)O.OB(O)C1=CCOCC1. The van der Waals surface area contributed by atoms with E-state index in [9.17, 15) is 0 Å². The molecule has 1 heterocycles. The zero-order valence-corrected chi connectivity index (χ0v) is 11.0. The molecule has 0 fully saturated rings. The summed E-state index contributed by atoms with van der Waals surface area (Å²) in [6.07, 6.45) is 2.34. The Morgan fingerprint density at radius 3 is 1.76 bits per heavy atom. The molecule has 0 aliphatic carbocycles. The number of hydrogen-bond acceptors (Lipinski definition) is 5. The monoisotopic (exact) mass is 246 g/mol. The lowest BCUT2D eigenvalue weighted by Crippen LogP contribution is -2.44. The summed E-state index contributed by atoms with van der Waals surface area (Å²) in [6.45, 7) is 7.41. The molecule has 6 heteroatoms. The van der Waals surface area contributed by atoms with Gasteiger partial charge in [-0.25, -0.2) is 0 Å². The van der Waals surface area contributed by atoms with Crippen molar-refractivity contribution in [2.45, 2.75) is 45.3 Å². The highest BCUT2D eigenvalue weighted by atomic mass is 16.5. The minimum absolute atomic E-state index is 0.507. The molecule has 0 amide bonds. The van der Waals surface area contributed by atoms with Crippen LogP contribution in [0.3, 0.4) is 0 Å². The fourth-order valence-corrected chi connectivity index (χ4v) is 0.776. The lowest BCUT2D eigenvalue weighted by Gasteiger charge is -2.31. The van der Waals surface area contributed by atoms with Crippen molar-refractivity contribution in [3.8, 4) is 0 Å². The first-order valence-corrected chi connectivity index (χ1v) is 5.63. The van der Waals surface area contributed by atoms with Gasteiger partial charge in [0.05, 0.1) is 24.4 Å². The predicted octanol–water partition coefficient (Wildman–Crippen LogP) is -0.127. The molecule has 1 aliphatic heterocycles. The van der Waals surface area contributed by atoms with Gasteiger partial charge in [-0.1, -0.05) is 6.08 Å². The molecule has 0 aromatic rings. The third-order valence-electron chi connectivity index (χ3n) is 2.83. The van der Waals surface area contributed by atoms with Gasteiger partial charge in [0, 0.05) is 0 Å². The molecule has 0 aromatic carbocycles. The van der Waals surface area contributed by atoms with Gasteiger partial charge in [0.15, 0.2) is 0 Å². The largest absolute Gasteiger partial charge is 0.483 e. The van der Waals surface area contributed by atoms with Gasteiger partial charge in [0.2, 0.25) is 0 Å². The van der Waals surface area contributed by atoms with Crippen molar-refractivity contribution in [1.29, 1.82) is 0 Å². The Balaban J connectivity index is 0.000000304. The number of aliphatic hydroxyl groups is 2. The second-order valence-electron chi connectivity index (χ2n) is 5.10. The summed E-state index contributed by atoms with van der Waals surface area (Å²) in [5.74, 6) is 0. The summed E-state index contributed by atoms with van der Waals surface area (Å²) < 4.78 is 4.95. The van der Waals surface area contributed by atoms with Gasteiger partial charge in [0.1, 0.15) is 0 Å². The van der Waals surface area contributed by atoms with E-state index in [0.29, 0.717) is 25.1 Å². The number of rotatable bonds is 2. The van der Waals surface area contributed by atoms with Crippen LogP contribution in [-0.2, 0) is 4.74 Å². The Hall–Kier alpha value is -0.395. The second-order valence-corrected chi connectivity index (χ2v) is 5.10. The van der Waals surface area contributed by atoms with E-state index in [2.05, 4.69) is 0 Å². The molecule has 1 rings (SSSR count). The van der Waals surface area contributed by atoms with Gasteiger partial charge >= 0.3 is 7.12 Å². The maximum atomic E-state index is 9.10. The minimum atomic E-state index is -1.28. The van der Waals surface area contributed by atoms with Crippen LogP contribution in [0.2, 0.25) is 0 Å². The fourth-order valence-electron chi connectivity index (χ4n) is 0.776. The molecular weight excluding hydrogens is 223 g/mol. The molecular formula is C11H23BO5. The van der Waals surface area contributed by atoms with Crippen LogP contribution in [0.5, 0.6) is 0 Å². The molecule has 0 unspecified atom stereocenters. The summed E-state index contributed by atoms with van der Waals surface area (Å²) in [5, 5.41) is 35.4. The van der Waals surface area contributed by atoms with Crippen LogP contribution in [-0.4, -0.2) is 51.8 Å². The summed E-state index contributed by atoms with van der Waals surface area (Å²) >= 11 is 0. The number of hydrogen-bond donors (Lipinski definition) is 4. The van der Waals surface area contributed by atoms with E-state index in [0.717, 1.165) is 0 Å². The average molecular weight is 246 g/mol. The van der Waals surface area contributed by atoms with Crippen molar-refractivity contribution in [3.63, 3.8) is 0 Å². The van der Waals surface area contributed by atoms with Gasteiger partial charge in [-0.05, 0) is 39.6 Å². The van der Waals surface area contributed by atoms with Crippen molar-refractivity contribution in [2.24, 2.45) is 0 Å². The van der Waals surface area contributed by atoms with Crippen LogP contribution in [0.25, 0.3) is 0 Å². The topological polar surface area (TPSA) is 90.2 Å². The first kappa shape index (κ1) is 16.6. The van der Waals surface area contributed by atoms with Crippen LogP contribution in [0.15, 0.2) is 11.5 Å². The van der Waals surface area contributed by atoms with E-state index < -0.39 is 18.3 Å². The Kier molecular flexibility index (Phi) is 6.36. The Morgan fingerprint density at radius 1 is 1.12 bits per heavy atom. The summed E-state index contributed by atoms with van der Waals surface area (Å²) in [6, 6.07) is 0. The quantitative estimate of drug-likeness (QED) is 0.510. The zero-order chi connectivity index (χ0) is 13.7. The van der Waals surface area contributed by atoms with Crippen LogP contribution < -0.4 is 0 Å². The normalized spacial score (nSPS) is 16.8. The standard InChI is InChI=1S/C6H14O2.C5H9BO3/c1-5(2,7)6(3,4)8;7-6(8)5-1-3-9-4-2-5/h7-8H,1-4H3;1,7-8H,2-4H2. The van der Waals surface area contributed by atoms with Crippen molar-refractivity contribution >= 4 is 7.12 Å². The molecule has 0 atom stereocenters. The molecule has 0 saturated heterocycles. The molecule has 0 spiro atoms. The van der Waals surface area contributed by atoms with E-state index in [4.69, 9.17) is 25.0 Å². The van der Waals surface area contributed by atoms with Crippen LogP contribution >= 0.6 is 0 Å². The van der Waals surface area contributed by atoms with E-state index in [1.54, 1.807) is 33.8 Å². The molecule has 4 N–H and O–H groups in total. The molecule has 17 heavy (non-hydrogen) atoms. The second kappa shape index (κ2) is 6.51. The molecule has 0 radical (unpaired) electrons. The van der Waals surface area contributed by atoms with Gasteiger partial charge in [0.25, 0.3) is 0 Å². The molecule has 5 nitrogen and oxygen atoms in total. The van der Waals surface area contributed by atoms with Crippen LogP contribution in [0.4, 0.5) is 0 Å². The van der Waals surface area contributed by atoms with Gasteiger partial charge in [-0.15, -0.1) is 0 Å². The van der Waals surface area contributed by atoms with Crippen molar-refractivity contribution in [1.82, 2.24) is 0 Å². The van der Waals surface area contributed by atoms with Crippen LogP contribution in [0, 0.1) is 0 Å². The van der Waals surface area contributed by atoms with Gasteiger partial charge in [-0.2, -0.15) is 0 Å². The van der Waals surface area contributed by atoms with Crippen LogP contribution in [0.1, 0.15) is 34.1 Å². The Labute approximate surface area is 103 Å². The Bertz CT molecular complexity index is 238. The van der Waals surface area contributed by atoms with Gasteiger partial charge in [-0.3, -0.25) is 0 Å². The predicted molar refractivity (Wildman–Crippen MR) is 66.3 cm³/mol. The smallest absolute Gasteiger partial charge is 0.423 e. The van der Waals surface area contributed by atoms with E-state index in [1.165, 1.54) is 0 Å². The molecule has 0 bridgehead atoms. The highest BCUT2D eigenvalue weighted by Crippen LogP contribution is 2.19. The summed E-state index contributed by atoms with van der Waals surface area (Å²) in [4.78, 5) is 0. The third kappa shape index (κ3) is 6.80. The van der Waals surface area contributed by atoms with Crippen molar-refractivity contribution in [3.05, 3.63) is 11.5 Å². The van der Waals surface area contributed by atoms with E-state index in [1.807, 2.05) is 0 Å².